The highest BCUT2D eigenvalue weighted by Gasteiger charge is 2.39. The van der Waals surface area contributed by atoms with E-state index in [1.54, 1.807) is 6.92 Å². The maximum absolute atomic E-state index is 12.4. The van der Waals surface area contributed by atoms with Crippen LogP contribution in [-0.2, 0) is 16.0 Å². The topological polar surface area (TPSA) is 50.1 Å². The minimum Gasteiger partial charge on any atom is -0.381 e. The summed E-state index contributed by atoms with van der Waals surface area (Å²) in [6.07, 6.45) is 1.21. The van der Waals surface area contributed by atoms with Crippen molar-refractivity contribution in [1.29, 1.82) is 5.26 Å². The van der Waals surface area contributed by atoms with Crippen LogP contribution in [0.4, 0.5) is 0 Å². The van der Waals surface area contributed by atoms with Crippen molar-refractivity contribution < 1.29 is 9.53 Å². The van der Waals surface area contributed by atoms with E-state index in [-0.39, 0.29) is 11.7 Å². The van der Waals surface area contributed by atoms with Crippen LogP contribution in [0.15, 0.2) is 30.3 Å². The number of carbonyl (C=O) groups excluding carboxylic acids is 1. The number of rotatable bonds is 4. The monoisotopic (exact) mass is 243 g/mol. The lowest BCUT2D eigenvalue weighted by Gasteiger charge is -2.23. The first-order chi connectivity index (χ1) is 8.65. The zero-order chi connectivity index (χ0) is 13.0. The van der Waals surface area contributed by atoms with Crippen molar-refractivity contribution in [2.75, 3.05) is 13.2 Å². The molecule has 1 heterocycles. The molecule has 18 heavy (non-hydrogen) atoms. The number of ketones is 1. The van der Waals surface area contributed by atoms with E-state index in [1.807, 2.05) is 30.3 Å². The van der Waals surface area contributed by atoms with E-state index in [4.69, 9.17) is 4.74 Å². The Hall–Kier alpha value is -1.66. The molecule has 2 unspecified atom stereocenters. The fourth-order valence-corrected chi connectivity index (χ4v) is 2.38. The molecule has 94 valence electrons. The molecule has 1 aliphatic heterocycles. The van der Waals surface area contributed by atoms with Gasteiger partial charge in [0.1, 0.15) is 5.41 Å². The lowest BCUT2D eigenvalue weighted by Crippen LogP contribution is -2.34. The molecule has 0 aromatic heterocycles. The predicted octanol–water partition coefficient (Wildman–Crippen LogP) is 2.36. The van der Waals surface area contributed by atoms with Crippen LogP contribution < -0.4 is 0 Å². The number of benzene rings is 1. The summed E-state index contributed by atoms with van der Waals surface area (Å²) in [5.74, 6) is -0.0929. The van der Waals surface area contributed by atoms with Crippen molar-refractivity contribution in [3.05, 3.63) is 35.9 Å². The van der Waals surface area contributed by atoms with E-state index in [0.717, 1.165) is 12.0 Å². The highest BCUT2D eigenvalue weighted by molar-refractivity contribution is 5.89. The zero-order valence-corrected chi connectivity index (χ0v) is 10.6. The molecule has 3 heteroatoms. The van der Waals surface area contributed by atoms with Crippen molar-refractivity contribution in [3.8, 4) is 6.07 Å². The second kappa shape index (κ2) is 5.32. The van der Waals surface area contributed by atoms with Gasteiger partial charge in [0.15, 0.2) is 5.78 Å². The standard InChI is InChI=1S/C15H17NO2/c1-15(11-16,9-12-5-3-2-4-6-12)14(17)13-7-8-18-10-13/h2-6,13H,7-10H2,1H3. The van der Waals surface area contributed by atoms with Crippen molar-refractivity contribution in [1.82, 2.24) is 0 Å². The maximum atomic E-state index is 12.4. The van der Waals surface area contributed by atoms with Gasteiger partial charge in [0.25, 0.3) is 0 Å². The van der Waals surface area contributed by atoms with E-state index in [0.29, 0.717) is 19.6 Å². The van der Waals surface area contributed by atoms with Crippen LogP contribution in [0.2, 0.25) is 0 Å². The Kier molecular flexibility index (Phi) is 3.78. The normalized spacial score (nSPS) is 22.1. The van der Waals surface area contributed by atoms with Crippen LogP contribution in [0.25, 0.3) is 0 Å². The number of ether oxygens (including phenoxy) is 1. The average molecular weight is 243 g/mol. The van der Waals surface area contributed by atoms with E-state index < -0.39 is 5.41 Å². The minimum atomic E-state index is -0.945. The third-order valence-electron chi connectivity index (χ3n) is 3.49. The summed E-state index contributed by atoms with van der Waals surface area (Å²) < 4.78 is 5.24. The average Bonchev–Trinajstić information content (AvgIpc) is 2.92. The molecule has 0 aliphatic carbocycles. The maximum Gasteiger partial charge on any atom is 0.158 e. The second-order valence-electron chi connectivity index (χ2n) is 5.03. The summed E-state index contributed by atoms with van der Waals surface area (Å²) in [7, 11) is 0. The van der Waals surface area contributed by atoms with Gasteiger partial charge in [0, 0.05) is 12.5 Å². The molecular weight excluding hydrogens is 226 g/mol. The number of hydrogen-bond donors (Lipinski definition) is 0. The van der Waals surface area contributed by atoms with Gasteiger partial charge in [-0.25, -0.2) is 0 Å². The molecule has 0 amide bonds. The number of hydrogen-bond acceptors (Lipinski definition) is 3. The molecule has 0 N–H and O–H groups in total. The highest BCUT2D eigenvalue weighted by Crippen LogP contribution is 2.29. The minimum absolute atomic E-state index is 0.0198. The largest absolute Gasteiger partial charge is 0.381 e. The number of nitriles is 1. The Morgan fingerprint density at radius 3 is 2.78 bits per heavy atom. The summed E-state index contributed by atoms with van der Waals surface area (Å²) in [5, 5.41) is 9.37. The van der Waals surface area contributed by atoms with Gasteiger partial charge >= 0.3 is 0 Å². The van der Waals surface area contributed by atoms with Gasteiger partial charge in [0.05, 0.1) is 12.7 Å². The number of nitrogens with zero attached hydrogens (tertiary/aromatic N) is 1. The van der Waals surface area contributed by atoms with Gasteiger partial charge in [-0.2, -0.15) is 5.26 Å². The van der Waals surface area contributed by atoms with E-state index in [2.05, 4.69) is 6.07 Å². The number of Topliss-reactive ketones (excluding diaryl/α,β-unsaturated/α-hetero) is 1. The zero-order valence-electron chi connectivity index (χ0n) is 10.6. The first kappa shape index (κ1) is 12.8. The van der Waals surface area contributed by atoms with Crippen LogP contribution in [0.5, 0.6) is 0 Å². The predicted molar refractivity (Wildman–Crippen MR) is 67.8 cm³/mol. The van der Waals surface area contributed by atoms with Gasteiger partial charge in [-0.15, -0.1) is 0 Å². The third kappa shape index (κ3) is 2.60. The molecule has 0 spiro atoms. The Morgan fingerprint density at radius 1 is 1.50 bits per heavy atom. The van der Waals surface area contributed by atoms with E-state index in [9.17, 15) is 10.1 Å². The molecule has 1 fully saturated rings. The third-order valence-corrected chi connectivity index (χ3v) is 3.49. The van der Waals surface area contributed by atoms with Crippen LogP contribution in [0, 0.1) is 22.7 Å². The van der Waals surface area contributed by atoms with Crippen LogP contribution in [-0.4, -0.2) is 19.0 Å². The molecule has 2 rings (SSSR count). The lowest BCUT2D eigenvalue weighted by molar-refractivity contribution is -0.129. The molecule has 0 radical (unpaired) electrons. The molecule has 2 atom stereocenters. The Morgan fingerprint density at radius 2 is 2.22 bits per heavy atom. The first-order valence-corrected chi connectivity index (χ1v) is 6.23. The SMILES string of the molecule is CC(C#N)(Cc1ccccc1)C(=O)C1CCOC1. The molecular formula is C15H17NO2. The quantitative estimate of drug-likeness (QED) is 0.815. The van der Waals surface area contributed by atoms with Gasteiger partial charge in [-0.05, 0) is 25.3 Å². The lowest BCUT2D eigenvalue weighted by atomic mass is 9.76. The van der Waals surface area contributed by atoms with Crippen molar-refractivity contribution in [2.45, 2.75) is 19.8 Å². The molecule has 0 saturated carbocycles. The van der Waals surface area contributed by atoms with Crippen molar-refractivity contribution in [2.24, 2.45) is 11.3 Å². The second-order valence-corrected chi connectivity index (χ2v) is 5.03. The van der Waals surface area contributed by atoms with Gasteiger partial charge < -0.3 is 4.74 Å². The van der Waals surface area contributed by atoms with Gasteiger partial charge in [-0.3, -0.25) is 4.79 Å². The summed E-state index contributed by atoms with van der Waals surface area (Å²) in [6, 6.07) is 11.9. The summed E-state index contributed by atoms with van der Waals surface area (Å²) in [5.41, 5.74) is 0.0773. The fourth-order valence-electron chi connectivity index (χ4n) is 2.38. The van der Waals surface area contributed by atoms with E-state index in [1.165, 1.54) is 0 Å². The highest BCUT2D eigenvalue weighted by atomic mass is 16.5. The molecule has 0 bridgehead atoms. The van der Waals surface area contributed by atoms with Gasteiger partial charge in [0.2, 0.25) is 0 Å². The molecule has 1 aromatic rings. The Bertz CT molecular complexity index is 457. The van der Waals surface area contributed by atoms with Crippen LogP contribution in [0.1, 0.15) is 18.9 Å². The van der Waals surface area contributed by atoms with Gasteiger partial charge in [-0.1, -0.05) is 30.3 Å². The molecule has 1 aliphatic rings. The van der Waals surface area contributed by atoms with Crippen molar-refractivity contribution in [3.63, 3.8) is 0 Å². The van der Waals surface area contributed by atoms with E-state index >= 15 is 0 Å². The Balaban J connectivity index is 2.15. The van der Waals surface area contributed by atoms with Crippen LogP contribution in [0.3, 0.4) is 0 Å². The molecule has 1 saturated heterocycles. The summed E-state index contributed by atoms with van der Waals surface area (Å²) in [4.78, 5) is 12.4. The summed E-state index contributed by atoms with van der Waals surface area (Å²) >= 11 is 0. The fraction of sp³-hybridized carbons (Fsp3) is 0.467. The summed E-state index contributed by atoms with van der Waals surface area (Å²) in [6.45, 7) is 2.83. The smallest absolute Gasteiger partial charge is 0.158 e. The Labute approximate surface area is 107 Å². The molecule has 1 aromatic carbocycles. The van der Waals surface area contributed by atoms with Crippen molar-refractivity contribution >= 4 is 5.78 Å². The first-order valence-electron chi connectivity index (χ1n) is 6.23. The van der Waals surface area contributed by atoms with Crippen LogP contribution >= 0.6 is 0 Å². The number of carbonyl (C=O) groups is 1. The molecule has 3 nitrogen and oxygen atoms in total.